The lowest BCUT2D eigenvalue weighted by Crippen LogP contribution is -2.48. The van der Waals surface area contributed by atoms with E-state index in [9.17, 15) is 4.79 Å². The van der Waals surface area contributed by atoms with E-state index in [1.54, 1.807) is 0 Å². The highest BCUT2D eigenvalue weighted by atomic mass is 35.5. The molecule has 0 bridgehead atoms. The first-order chi connectivity index (χ1) is 12.7. The molecule has 0 spiro atoms. The molecule has 1 N–H and O–H groups in total. The second-order valence-electron chi connectivity index (χ2n) is 6.82. The van der Waals surface area contributed by atoms with Crippen molar-refractivity contribution in [1.82, 2.24) is 14.8 Å². The molecule has 0 saturated carbocycles. The van der Waals surface area contributed by atoms with E-state index < -0.39 is 0 Å². The van der Waals surface area contributed by atoms with Gasteiger partial charge in [0.25, 0.3) is 0 Å². The number of fused-ring (bicyclic) bond motifs is 1. The number of nitrogens with zero attached hydrogens (tertiary/aromatic N) is 2. The van der Waals surface area contributed by atoms with Gasteiger partial charge in [-0.25, -0.2) is 0 Å². The summed E-state index contributed by atoms with van der Waals surface area (Å²) in [6, 6.07) is 16.2. The number of nitrogens with one attached hydrogen (secondary N) is 1. The summed E-state index contributed by atoms with van der Waals surface area (Å²) in [4.78, 5) is 20.3. The molecule has 1 amide bonds. The van der Waals surface area contributed by atoms with Gasteiger partial charge in [0.2, 0.25) is 5.91 Å². The lowest BCUT2D eigenvalue weighted by atomic mass is 10.1. The minimum Gasteiger partial charge on any atom is -0.361 e. The van der Waals surface area contributed by atoms with Crippen molar-refractivity contribution >= 4 is 28.4 Å². The summed E-state index contributed by atoms with van der Waals surface area (Å²) < 4.78 is 0. The highest BCUT2D eigenvalue weighted by molar-refractivity contribution is 6.31. The first-order valence-corrected chi connectivity index (χ1v) is 9.36. The Morgan fingerprint density at radius 2 is 1.81 bits per heavy atom. The Morgan fingerprint density at radius 3 is 2.58 bits per heavy atom. The van der Waals surface area contributed by atoms with E-state index in [4.69, 9.17) is 11.6 Å². The van der Waals surface area contributed by atoms with Gasteiger partial charge in [-0.05, 0) is 23.3 Å². The summed E-state index contributed by atoms with van der Waals surface area (Å²) in [6.45, 7) is 4.38. The van der Waals surface area contributed by atoms with Gasteiger partial charge >= 0.3 is 0 Å². The zero-order valence-electron chi connectivity index (χ0n) is 14.6. The van der Waals surface area contributed by atoms with E-state index in [0.29, 0.717) is 11.4 Å². The molecule has 4 nitrogen and oxygen atoms in total. The maximum atomic E-state index is 12.7. The summed E-state index contributed by atoms with van der Waals surface area (Å²) >= 11 is 6.03. The standard InChI is InChI=1S/C21H22ClN3O/c22-18-6-7-19-17(14-23-20(19)13-18)12-21(26)25-10-8-24(9-11-25)15-16-4-2-1-3-5-16/h1-7,13-14,23H,8-12,15H2. The van der Waals surface area contributed by atoms with Gasteiger partial charge < -0.3 is 9.88 Å². The number of carbonyl (C=O) groups is 1. The third-order valence-corrected chi connectivity index (χ3v) is 5.28. The van der Waals surface area contributed by atoms with Crippen molar-refractivity contribution in [3.63, 3.8) is 0 Å². The Morgan fingerprint density at radius 1 is 1.04 bits per heavy atom. The quantitative estimate of drug-likeness (QED) is 0.763. The van der Waals surface area contributed by atoms with E-state index >= 15 is 0 Å². The number of aromatic amines is 1. The number of carbonyl (C=O) groups excluding carboxylic acids is 1. The van der Waals surface area contributed by atoms with Gasteiger partial charge in [0.1, 0.15) is 0 Å². The number of hydrogen-bond acceptors (Lipinski definition) is 2. The van der Waals surface area contributed by atoms with Crippen molar-refractivity contribution in [1.29, 1.82) is 0 Å². The van der Waals surface area contributed by atoms with E-state index in [1.165, 1.54) is 5.56 Å². The monoisotopic (exact) mass is 367 g/mol. The van der Waals surface area contributed by atoms with Crippen molar-refractivity contribution in [3.8, 4) is 0 Å². The molecule has 1 aromatic heterocycles. The predicted octanol–water partition coefficient (Wildman–Crippen LogP) is 3.71. The molecular formula is C21H22ClN3O. The van der Waals surface area contributed by atoms with Gasteiger partial charge in [0, 0.05) is 54.8 Å². The van der Waals surface area contributed by atoms with Crippen LogP contribution in [-0.2, 0) is 17.8 Å². The van der Waals surface area contributed by atoms with E-state index in [-0.39, 0.29) is 5.91 Å². The Kier molecular flexibility index (Phi) is 4.96. The van der Waals surface area contributed by atoms with Crippen molar-refractivity contribution in [3.05, 3.63) is 70.9 Å². The maximum absolute atomic E-state index is 12.7. The van der Waals surface area contributed by atoms with Crippen LogP contribution in [-0.4, -0.2) is 46.9 Å². The van der Waals surface area contributed by atoms with Gasteiger partial charge in [0.05, 0.1) is 6.42 Å². The van der Waals surface area contributed by atoms with Gasteiger partial charge in [-0.3, -0.25) is 9.69 Å². The van der Waals surface area contributed by atoms with Crippen molar-refractivity contribution < 1.29 is 4.79 Å². The molecule has 134 valence electrons. The average molecular weight is 368 g/mol. The van der Waals surface area contributed by atoms with E-state index in [1.807, 2.05) is 35.4 Å². The molecule has 0 radical (unpaired) electrons. The molecule has 3 aromatic rings. The molecule has 1 saturated heterocycles. The Balaban J connectivity index is 1.34. The molecule has 2 aromatic carbocycles. The van der Waals surface area contributed by atoms with Crippen molar-refractivity contribution in [2.24, 2.45) is 0 Å². The normalized spacial score (nSPS) is 15.5. The third kappa shape index (κ3) is 3.76. The lowest BCUT2D eigenvalue weighted by molar-refractivity contribution is -0.132. The molecule has 2 heterocycles. The highest BCUT2D eigenvalue weighted by Crippen LogP contribution is 2.23. The van der Waals surface area contributed by atoms with Gasteiger partial charge in [-0.1, -0.05) is 48.0 Å². The zero-order chi connectivity index (χ0) is 17.9. The third-order valence-electron chi connectivity index (χ3n) is 5.05. The molecule has 1 fully saturated rings. The van der Waals surface area contributed by atoms with Crippen LogP contribution in [0.25, 0.3) is 10.9 Å². The van der Waals surface area contributed by atoms with Crippen molar-refractivity contribution in [2.45, 2.75) is 13.0 Å². The van der Waals surface area contributed by atoms with Crippen LogP contribution in [0.3, 0.4) is 0 Å². The summed E-state index contributed by atoms with van der Waals surface area (Å²) in [5.74, 6) is 0.195. The molecular weight excluding hydrogens is 346 g/mol. The fourth-order valence-electron chi connectivity index (χ4n) is 3.58. The van der Waals surface area contributed by atoms with Crippen LogP contribution < -0.4 is 0 Å². The predicted molar refractivity (Wildman–Crippen MR) is 105 cm³/mol. The Hall–Kier alpha value is -2.30. The highest BCUT2D eigenvalue weighted by Gasteiger charge is 2.22. The van der Waals surface area contributed by atoms with Gasteiger partial charge in [-0.2, -0.15) is 0 Å². The number of aromatic nitrogens is 1. The number of benzene rings is 2. The molecule has 0 aliphatic carbocycles. The van der Waals surface area contributed by atoms with Gasteiger partial charge in [-0.15, -0.1) is 0 Å². The molecule has 0 unspecified atom stereocenters. The number of H-pyrrole nitrogens is 1. The van der Waals surface area contributed by atoms with E-state index in [2.05, 4.69) is 34.1 Å². The molecule has 26 heavy (non-hydrogen) atoms. The van der Waals surface area contributed by atoms with Crippen LogP contribution in [0.15, 0.2) is 54.7 Å². The summed E-state index contributed by atoms with van der Waals surface area (Å²) in [6.07, 6.45) is 2.35. The van der Waals surface area contributed by atoms with Gasteiger partial charge in [0.15, 0.2) is 0 Å². The number of amides is 1. The number of halogens is 1. The summed E-state index contributed by atoms with van der Waals surface area (Å²) in [7, 11) is 0. The van der Waals surface area contributed by atoms with Crippen molar-refractivity contribution in [2.75, 3.05) is 26.2 Å². The Bertz CT molecular complexity index is 898. The molecule has 1 aliphatic rings. The molecule has 4 rings (SSSR count). The Labute approximate surface area is 158 Å². The summed E-state index contributed by atoms with van der Waals surface area (Å²) in [5.41, 5.74) is 3.34. The molecule has 5 heteroatoms. The fourth-order valence-corrected chi connectivity index (χ4v) is 3.75. The number of hydrogen-bond donors (Lipinski definition) is 1. The first kappa shape index (κ1) is 17.1. The van der Waals surface area contributed by atoms with Crippen LogP contribution >= 0.6 is 11.6 Å². The van der Waals surface area contributed by atoms with Crippen LogP contribution in [0.1, 0.15) is 11.1 Å². The van der Waals surface area contributed by atoms with Crippen LogP contribution in [0.5, 0.6) is 0 Å². The molecule has 0 atom stereocenters. The minimum absolute atomic E-state index is 0.195. The zero-order valence-corrected chi connectivity index (χ0v) is 15.4. The smallest absolute Gasteiger partial charge is 0.227 e. The molecule has 1 aliphatic heterocycles. The second kappa shape index (κ2) is 7.52. The van der Waals surface area contributed by atoms with Crippen LogP contribution in [0, 0.1) is 0 Å². The van der Waals surface area contributed by atoms with E-state index in [0.717, 1.165) is 49.2 Å². The fraction of sp³-hybridized carbons (Fsp3) is 0.286. The largest absolute Gasteiger partial charge is 0.361 e. The summed E-state index contributed by atoms with van der Waals surface area (Å²) in [5, 5.41) is 1.78. The first-order valence-electron chi connectivity index (χ1n) is 8.98. The topological polar surface area (TPSA) is 39.3 Å². The minimum atomic E-state index is 0.195. The average Bonchev–Trinajstić information content (AvgIpc) is 3.05. The second-order valence-corrected chi connectivity index (χ2v) is 7.26. The SMILES string of the molecule is O=C(Cc1c[nH]c2cc(Cl)ccc12)N1CCN(Cc2ccccc2)CC1. The number of piperazine rings is 1. The number of rotatable bonds is 4. The lowest BCUT2D eigenvalue weighted by Gasteiger charge is -2.34. The van der Waals surface area contributed by atoms with Crippen LogP contribution in [0.4, 0.5) is 0 Å². The maximum Gasteiger partial charge on any atom is 0.227 e. The van der Waals surface area contributed by atoms with Crippen LogP contribution in [0.2, 0.25) is 5.02 Å².